The van der Waals surface area contributed by atoms with Crippen LogP contribution in [0, 0.1) is 5.41 Å². The third kappa shape index (κ3) is 3.29. The second kappa shape index (κ2) is 4.81. The molecule has 0 saturated carbocycles. The van der Waals surface area contributed by atoms with Gasteiger partial charge >= 0.3 is 6.18 Å². The molecule has 0 unspecified atom stereocenters. The van der Waals surface area contributed by atoms with Crippen molar-refractivity contribution >= 4 is 0 Å². The van der Waals surface area contributed by atoms with Crippen molar-refractivity contribution in [1.29, 1.82) is 0 Å². The van der Waals surface area contributed by atoms with Gasteiger partial charge in [-0.2, -0.15) is 13.2 Å². The maximum absolute atomic E-state index is 13.1. The third-order valence-electron chi connectivity index (χ3n) is 3.33. The summed E-state index contributed by atoms with van der Waals surface area (Å²) < 4.78 is 40.5. The third-order valence-corrected chi connectivity index (χ3v) is 3.33. The number of alkyl halides is 3. The topological polar surface area (TPSA) is 29.9 Å². The number of hydrogen-bond donors (Lipinski definition) is 1. The zero-order valence-electron chi connectivity index (χ0n) is 11.6. The molecular weight excluding hydrogens is 255 g/mol. The Bertz CT molecular complexity index is 455. The van der Waals surface area contributed by atoms with Crippen LogP contribution in [0.1, 0.15) is 44.4 Å². The van der Waals surface area contributed by atoms with Gasteiger partial charge in [-0.1, -0.05) is 20.8 Å². The summed E-state index contributed by atoms with van der Waals surface area (Å²) in [5.74, 6) is -0.745. The van der Waals surface area contributed by atoms with Crippen LogP contribution in [-0.2, 0) is 25.7 Å². The lowest BCUT2D eigenvalue weighted by atomic mass is 9.92. The molecule has 0 fully saturated rings. The van der Waals surface area contributed by atoms with Crippen molar-refractivity contribution in [3.05, 3.63) is 17.2 Å². The van der Waals surface area contributed by atoms with E-state index < -0.39 is 12.0 Å². The van der Waals surface area contributed by atoms with Gasteiger partial charge in [0.25, 0.3) is 0 Å². The molecule has 1 aliphatic heterocycles. The summed E-state index contributed by atoms with van der Waals surface area (Å²) in [4.78, 5) is 3.80. The number of nitrogens with one attached hydrogen (secondary N) is 1. The molecular formula is C13H20F3N3. The molecule has 0 saturated heterocycles. The van der Waals surface area contributed by atoms with Gasteiger partial charge in [-0.25, -0.2) is 4.98 Å². The first-order valence-electron chi connectivity index (χ1n) is 6.55. The van der Waals surface area contributed by atoms with Crippen LogP contribution < -0.4 is 5.32 Å². The summed E-state index contributed by atoms with van der Waals surface area (Å²) in [6.07, 6.45) is -3.07. The minimum atomic E-state index is -4.38. The Morgan fingerprint density at radius 2 is 1.95 bits per heavy atom. The number of halogens is 3. The highest BCUT2D eigenvalue weighted by Crippen LogP contribution is 2.32. The average molecular weight is 275 g/mol. The van der Waals surface area contributed by atoms with E-state index in [1.807, 2.05) is 20.8 Å². The zero-order valence-corrected chi connectivity index (χ0v) is 11.6. The molecule has 2 rings (SSSR count). The van der Waals surface area contributed by atoms with Crippen LogP contribution in [0.3, 0.4) is 0 Å². The van der Waals surface area contributed by atoms with E-state index in [9.17, 15) is 13.2 Å². The van der Waals surface area contributed by atoms with Gasteiger partial charge in [-0.05, 0) is 11.8 Å². The summed E-state index contributed by atoms with van der Waals surface area (Å²) in [6, 6.07) is 0. The smallest absolute Gasteiger partial charge is 0.324 e. The first-order chi connectivity index (χ1) is 8.68. The average Bonchev–Trinajstić information content (AvgIpc) is 2.63. The first-order valence-corrected chi connectivity index (χ1v) is 6.55. The second-order valence-electron chi connectivity index (χ2n) is 6.22. The molecule has 0 radical (unpaired) electrons. The first kappa shape index (κ1) is 14.4. The Morgan fingerprint density at radius 1 is 1.26 bits per heavy atom. The van der Waals surface area contributed by atoms with Gasteiger partial charge < -0.3 is 9.88 Å². The van der Waals surface area contributed by atoms with Crippen molar-refractivity contribution in [2.24, 2.45) is 5.41 Å². The number of rotatable bonds is 2. The van der Waals surface area contributed by atoms with Crippen LogP contribution in [0.25, 0.3) is 0 Å². The van der Waals surface area contributed by atoms with Crippen molar-refractivity contribution < 1.29 is 13.2 Å². The Kier molecular flexibility index (Phi) is 3.64. The van der Waals surface area contributed by atoms with Gasteiger partial charge in [0, 0.05) is 31.7 Å². The molecule has 3 nitrogen and oxygen atoms in total. The van der Waals surface area contributed by atoms with Gasteiger partial charge in [-0.3, -0.25) is 0 Å². The van der Waals surface area contributed by atoms with Gasteiger partial charge in [-0.15, -0.1) is 0 Å². The predicted molar refractivity (Wildman–Crippen MR) is 66.7 cm³/mol. The predicted octanol–water partition coefficient (Wildman–Crippen LogP) is 2.98. The molecule has 0 atom stereocenters. The fourth-order valence-corrected chi connectivity index (χ4v) is 2.28. The quantitative estimate of drug-likeness (QED) is 0.899. The summed E-state index contributed by atoms with van der Waals surface area (Å²) in [5.41, 5.74) is 1.30. The fraction of sp³-hybridized carbons (Fsp3) is 0.769. The molecule has 19 heavy (non-hydrogen) atoms. The summed E-state index contributed by atoms with van der Waals surface area (Å²) in [6.45, 7) is 7.62. The Hall–Kier alpha value is -1.04. The number of nitrogens with zero attached hydrogens (tertiary/aromatic N) is 2. The number of hydrogen-bond acceptors (Lipinski definition) is 2. The number of aromatic nitrogens is 2. The molecule has 6 heteroatoms. The standard InChI is InChI=1S/C13H20F3N3/c1-12(2,3)5-7-19-10-4-6-17-8-9(10)18-11(19)13(14,15)16/h17H,4-8H2,1-3H3. The van der Waals surface area contributed by atoms with Crippen molar-refractivity contribution in [3.63, 3.8) is 0 Å². The molecule has 1 aromatic rings. The molecule has 0 bridgehead atoms. The lowest BCUT2D eigenvalue weighted by molar-refractivity contribution is -0.147. The van der Waals surface area contributed by atoms with Gasteiger partial charge in [0.1, 0.15) is 0 Å². The molecule has 0 aromatic carbocycles. The van der Waals surface area contributed by atoms with Crippen LogP contribution >= 0.6 is 0 Å². The molecule has 108 valence electrons. The van der Waals surface area contributed by atoms with E-state index >= 15 is 0 Å². The number of fused-ring (bicyclic) bond motifs is 1. The van der Waals surface area contributed by atoms with Crippen LogP contribution in [0.4, 0.5) is 13.2 Å². The molecule has 0 spiro atoms. The lowest BCUT2D eigenvalue weighted by Gasteiger charge is -2.22. The van der Waals surface area contributed by atoms with E-state index in [-0.39, 0.29) is 5.41 Å². The maximum atomic E-state index is 13.1. The van der Waals surface area contributed by atoms with Crippen molar-refractivity contribution in [2.75, 3.05) is 6.54 Å². The van der Waals surface area contributed by atoms with E-state index in [1.165, 1.54) is 4.57 Å². The molecule has 1 aliphatic rings. The van der Waals surface area contributed by atoms with Crippen molar-refractivity contribution in [2.45, 2.75) is 52.9 Å². The van der Waals surface area contributed by atoms with Crippen LogP contribution in [0.5, 0.6) is 0 Å². The summed E-state index contributed by atoms with van der Waals surface area (Å²) in [5, 5.41) is 3.06. The fourth-order valence-electron chi connectivity index (χ4n) is 2.28. The van der Waals surface area contributed by atoms with Crippen molar-refractivity contribution in [1.82, 2.24) is 14.9 Å². The maximum Gasteiger partial charge on any atom is 0.449 e. The van der Waals surface area contributed by atoms with Crippen LogP contribution in [0.15, 0.2) is 0 Å². The van der Waals surface area contributed by atoms with E-state index in [0.717, 1.165) is 5.69 Å². The van der Waals surface area contributed by atoms with Gasteiger partial charge in [0.2, 0.25) is 5.82 Å². The van der Waals surface area contributed by atoms with Gasteiger partial charge in [0.15, 0.2) is 0 Å². The highest BCUT2D eigenvalue weighted by atomic mass is 19.4. The van der Waals surface area contributed by atoms with E-state index in [1.54, 1.807) is 0 Å². The van der Waals surface area contributed by atoms with Gasteiger partial charge in [0.05, 0.1) is 5.69 Å². The molecule has 1 N–H and O–H groups in total. The normalized spacial score (nSPS) is 16.5. The monoisotopic (exact) mass is 275 g/mol. The zero-order chi connectivity index (χ0) is 14.3. The molecule has 0 amide bonds. The number of imidazole rings is 1. The summed E-state index contributed by atoms with van der Waals surface area (Å²) in [7, 11) is 0. The van der Waals surface area contributed by atoms with Crippen LogP contribution in [-0.4, -0.2) is 16.1 Å². The van der Waals surface area contributed by atoms with E-state index in [0.29, 0.717) is 38.2 Å². The summed E-state index contributed by atoms with van der Waals surface area (Å²) >= 11 is 0. The molecule has 2 heterocycles. The largest absolute Gasteiger partial charge is 0.449 e. The minimum absolute atomic E-state index is 0.00688. The minimum Gasteiger partial charge on any atom is -0.324 e. The Balaban J connectivity index is 2.35. The second-order valence-corrected chi connectivity index (χ2v) is 6.22. The van der Waals surface area contributed by atoms with Crippen LogP contribution in [0.2, 0.25) is 0 Å². The van der Waals surface area contributed by atoms with E-state index in [4.69, 9.17) is 0 Å². The highest BCUT2D eigenvalue weighted by Gasteiger charge is 2.39. The Morgan fingerprint density at radius 3 is 2.53 bits per heavy atom. The van der Waals surface area contributed by atoms with Crippen molar-refractivity contribution in [3.8, 4) is 0 Å². The lowest BCUT2D eigenvalue weighted by Crippen LogP contribution is -2.26. The highest BCUT2D eigenvalue weighted by molar-refractivity contribution is 5.21. The molecule has 1 aromatic heterocycles. The Labute approximate surface area is 111 Å². The van der Waals surface area contributed by atoms with E-state index in [2.05, 4.69) is 10.3 Å². The SMILES string of the molecule is CC(C)(C)CCn1c(C(F)(F)F)nc2c1CCNC2. The molecule has 0 aliphatic carbocycles.